The van der Waals surface area contributed by atoms with E-state index in [1.807, 2.05) is 6.92 Å². The van der Waals surface area contributed by atoms with Crippen LogP contribution in [0.1, 0.15) is 19.8 Å². The van der Waals surface area contributed by atoms with Gasteiger partial charge in [-0.25, -0.2) is 4.68 Å². The Balaban J connectivity index is 2.34. The zero-order valence-corrected chi connectivity index (χ0v) is 8.81. The van der Waals surface area contributed by atoms with Crippen molar-refractivity contribution in [3.05, 3.63) is 21.5 Å². The molecular weight excluding hydrogens is 222 g/mol. The SMILES string of the molecule is CC1(n2ncc([N+](=O)[O-])c2Cl)CC(O)C1. The minimum Gasteiger partial charge on any atom is -0.393 e. The number of halogens is 1. The van der Waals surface area contributed by atoms with E-state index in [1.165, 1.54) is 4.68 Å². The zero-order chi connectivity index (χ0) is 11.2. The molecule has 1 saturated carbocycles. The molecule has 0 saturated heterocycles. The normalized spacial score (nSPS) is 29.9. The van der Waals surface area contributed by atoms with Crippen molar-refractivity contribution in [3.63, 3.8) is 0 Å². The quantitative estimate of drug-likeness (QED) is 0.615. The van der Waals surface area contributed by atoms with Crippen molar-refractivity contribution in [2.45, 2.75) is 31.4 Å². The van der Waals surface area contributed by atoms with Crippen LogP contribution in [0.5, 0.6) is 0 Å². The summed E-state index contributed by atoms with van der Waals surface area (Å²) in [5.74, 6) is 0. The number of aliphatic hydroxyl groups excluding tert-OH is 1. The van der Waals surface area contributed by atoms with E-state index in [9.17, 15) is 15.2 Å². The van der Waals surface area contributed by atoms with Gasteiger partial charge in [0.2, 0.25) is 5.15 Å². The minimum absolute atomic E-state index is 0.0226. The van der Waals surface area contributed by atoms with Crippen LogP contribution in [-0.4, -0.2) is 25.9 Å². The maximum Gasteiger partial charge on any atom is 0.325 e. The number of nitrogens with zero attached hydrogens (tertiary/aromatic N) is 3. The van der Waals surface area contributed by atoms with Crippen molar-refractivity contribution < 1.29 is 10.0 Å². The molecule has 1 N–H and O–H groups in total. The van der Waals surface area contributed by atoms with E-state index in [2.05, 4.69) is 5.10 Å². The van der Waals surface area contributed by atoms with Crippen molar-refractivity contribution >= 4 is 17.3 Å². The van der Waals surface area contributed by atoms with Gasteiger partial charge in [-0.15, -0.1) is 0 Å². The number of hydrogen-bond donors (Lipinski definition) is 1. The predicted molar refractivity (Wildman–Crippen MR) is 52.8 cm³/mol. The van der Waals surface area contributed by atoms with Crippen LogP contribution >= 0.6 is 11.6 Å². The van der Waals surface area contributed by atoms with Gasteiger partial charge >= 0.3 is 5.69 Å². The minimum atomic E-state index is -0.565. The van der Waals surface area contributed by atoms with Gasteiger partial charge < -0.3 is 5.11 Å². The summed E-state index contributed by atoms with van der Waals surface area (Å²) in [6.45, 7) is 1.86. The first-order valence-corrected chi connectivity index (χ1v) is 4.88. The number of aliphatic hydroxyl groups is 1. The first-order valence-electron chi connectivity index (χ1n) is 4.50. The fourth-order valence-corrected chi connectivity index (χ4v) is 2.32. The van der Waals surface area contributed by atoms with E-state index in [0.29, 0.717) is 12.8 Å². The van der Waals surface area contributed by atoms with Gasteiger partial charge in [0.05, 0.1) is 16.6 Å². The average Bonchev–Trinajstić information content (AvgIpc) is 2.44. The molecule has 82 valence electrons. The Kier molecular flexibility index (Phi) is 2.20. The molecule has 1 aromatic heterocycles. The lowest BCUT2D eigenvalue weighted by atomic mass is 9.76. The number of aromatic nitrogens is 2. The Morgan fingerprint density at radius 2 is 2.40 bits per heavy atom. The molecule has 0 spiro atoms. The van der Waals surface area contributed by atoms with E-state index in [4.69, 9.17) is 11.6 Å². The Hall–Kier alpha value is -1.14. The molecule has 0 radical (unpaired) electrons. The number of rotatable bonds is 2. The number of hydrogen-bond acceptors (Lipinski definition) is 4. The molecule has 1 aliphatic rings. The zero-order valence-electron chi connectivity index (χ0n) is 8.05. The van der Waals surface area contributed by atoms with Crippen molar-refractivity contribution in [2.24, 2.45) is 0 Å². The fourth-order valence-electron chi connectivity index (χ4n) is 1.95. The van der Waals surface area contributed by atoms with Crippen LogP contribution in [0.2, 0.25) is 5.15 Å². The molecule has 0 amide bonds. The third kappa shape index (κ3) is 1.49. The highest BCUT2D eigenvalue weighted by atomic mass is 35.5. The molecule has 0 aromatic carbocycles. The van der Waals surface area contributed by atoms with Crippen molar-refractivity contribution in [1.29, 1.82) is 0 Å². The van der Waals surface area contributed by atoms with Crippen molar-refractivity contribution in [2.75, 3.05) is 0 Å². The fraction of sp³-hybridized carbons (Fsp3) is 0.625. The van der Waals surface area contributed by atoms with Gasteiger partial charge in [-0.2, -0.15) is 5.10 Å². The third-order valence-corrected chi connectivity index (χ3v) is 3.11. The monoisotopic (exact) mass is 231 g/mol. The maximum atomic E-state index is 10.6. The van der Waals surface area contributed by atoms with Crippen LogP contribution in [0.25, 0.3) is 0 Å². The van der Waals surface area contributed by atoms with Gasteiger partial charge in [0, 0.05) is 0 Å². The lowest BCUT2D eigenvalue weighted by molar-refractivity contribution is -0.384. The largest absolute Gasteiger partial charge is 0.393 e. The van der Waals surface area contributed by atoms with Gasteiger partial charge in [-0.1, -0.05) is 11.6 Å². The molecule has 15 heavy (non-hydrogen) atoms. The van der Waals surface area contributed by atoms with E-state index < -0.39 is 10.5 Å². The summed E-state index contributed by atoms with van der Waals surface area (Å²) in [7, 11) is 0. The molecule has 0 aliphatic heterocycles. The van der Waals surface area contributed by atoms with Gasteiger partial charge in [-0.05, 0) is 19.8 Å². The Labute approximate surface area is 90.6 Å². The molecule has 6 nitrogen and oxygen atoms in total. The lowest BCUT2D eigenvalue weighted by Crippen LogP contribution is -2.47. The van der Waals surface area contributed by atoms with Crippen molar-refractivity contribution in [3.8, 4) is 0 Å². The highest BCUT2D eigenvalue weighted by Crippen LogP contribution is 2.42. The summed E-state index contributed by atoms with van der Waals surface area (Å²) >= 11 is 5.84. The molecule has 1 aliphatic carbocycles. The van der Waals surface area contributed by atoms with E-state index >= 15 is 0 Å². The maximum absolute atomic E-state index is 10.6. The highest BCUT2D eigenvalue weighted by molar-refractivity contribution is 6.31. The molecule has 0 unspecified atom stereocenters. The summed E-state index contributed by atoms with van der Waals surface area (Å²) in [4.78, 5) is 9.99. The first kappa shape index (κ1) is 10.4. The second kappa shape index (κ2) is 3.18. The molecule has 7 heteroatoms. The molecule has 0 bridgehead atoms. The Morgan fingerprint density at radius 3 is 2.80 bits per heavy atom. The van der Waals surface area contributed by atoms with E-state index in [0.717, 1.165) is 6.20 Å². The van der Waals surface area contributed by atoms with Gasteiger partial charge in [0.1, 0.15) is 6.20 Å². The van der Waals surface area contributed by atoms with Crippen molar-refractivity contribution in [1.82, 2.24) is 9.78 Å². The molecule has 1 fully saturated rings. The van der Waals surface area contributed by atoms with Crippen LogP contribution in [0.3, 0.4) is 0 Å². The van der Waals surface area contributed by atoms with Gasteiger partial charge in [0.15, 0.2) is 0 Å². The number of nitro groups is 1. The summed E-state index contributed by atoms with van der Waals surface area (Å²) in [6.07, 6.45) is 1.81. The predicted octanol–water partition coefficient (Wildman–Crippen LogP) is 1.31. The summed E-state index contributed by atoms with van der Waals surface area (Å²) in [6, 6.07) is 0. The van der Waals surface area contributed by atoms with E-state index in [1.54, 1.807) is 0 Å². The Bertz CT molecular complexity index is 411. The highest BCUT2D eigenvalue weighted by Gasteiger charge is 2.44. The van der Waals surface area contributed by atoms with Crippen LogP contribution in [-0.2, 0) is 5.54 Å². The molecular formula is C8H10ClN3O3. The summed E-state index contributed by atoms with van der Waals surface area (Å²) in [5.41, 5.74) is -0.593. The standard InChI is InChI=1S/C8H10ClN3O3/c1-8(2-5(13)3-8)11-7(9)6(4-10-11)12(14)15/h4-5,13H,2-3H2,1H3. The van der Waals surface area contributed by atoms with E-state index in [-0.39, 0.29) is 16.9 Å². The first-order chi connectivity index (χ1) is 6.94. The molecule has 0 atom stereocenters. The smallest absolute Gasteiger partial charge is 0.325 e. The second-order valence-electron chi connectivity index (χ2n) is 4.05. The van der Waals surface area contributed by atoms with Crippen LogP contribution in [0.4, 0.5) is 5.69 Å². The van der Waals surface area contributed by atoms with Crippen LogP contribution in [0.15, 0.2) is 6.20 Å². The molecule has 1 aromatic rings. The molecule has 1 heterocycles. The van der Waals surface area contributed by atoms with Gasteiger partial charge in [-0.3, -0.25) is 10.1 Å². The second-order valence-corrected chi connectivity index (χ2v) is 4.41. The third-order valence-electron chi connectivity index (χ3n) is 2.75. The lowest BCUT2D eigenvalue weighted by Gasteiger charge is -2.42. The summed E-state index contributed by atoms with van der Waals surface area (Å²) < 4.78 is 1.42. The van der Waals surface area contributed by atoms with Gasteiger partial charge in [0.25, 0.3) is 0 Å². The van der Waals surface area contributed by atoms with Crippen LogP contribution < -0.4 is 0 Å². The van der Waals surface area contributed by atoms with Crippen LogP contribution in [0, 0.1) is 10.1 Å². The molecule has 2 rings (SSSR count). The topological polar surface area (TPSA) is 81.2 Å². The average molecular weight is 232 g/mol. The Morgan fingerprint density at radius 1 is 1.80 bits per heavy atom. The summed E-state index contributed by atoms with van der Waals surface area (Å²) in [5, 5.41) is 23.7.